The molecule has 2 aromatic carbocycles. The van der Waals surface area contributed by atoms with Gasteiger partial charge in [-0.25, -0.2) is 8.78 Å². The third-order valence-corrected chi connectivity index (χ3v) is 5.29. The minimum Gasteiger partial charge on any atom is -0.489 e. The van der Waals surface area contributed by atoms with Crippen LogP contribution in [0.4, 0.5) is 8.78 Å². The van der Waals surface area contributed by atoms with Crippen LogP contribution in [0.25, 0.3) is 0 Å². The molecule has 25 heavy (non-hydrogen) atoms. The summed E-state index contributed by atoms with van der Waals surface area (Å²) in [5.41, 5.74) is 2.44. The molecular weight excluding hydrogens is 318 g/mol. The Morgan fingerprint density at radius 3 is 2.28 bits per heavy atom. The van der Waals surface area contributed by atoms with Crippen molar-refractivity contribution in [1.82, 2.24) is 0 Å². The Morgan fingerprint density at radius 1 is 0.920 bits per heavy atom. The van der Waals surface area contributed by atoms with Crippen molar-refractivity contribution in [3.8, 4) is 5.75 Å². The molecule has 0 heterocycles. The highest BCUT2D eigenvalue weighted by atomic mass is 19.2. The van der Waals surface area contributed by atoms with Crippen LogP contribution < -0.4 is 4.74 Å². The molecular formula is C22H26F2O. The normalized spacial score (nSPS) is 20.4. The molecule has 0 aromatic heterocycles. The number of benzene rings is 2. The van der Waals surface area contributed by atoms with Crippen molar-refractivity contribution in [3.63, 3.8) is 0 Å². The van der Waals surface area contributed by atoms with E-state index in [1.54, 1.807) is 0 Å². The fourth-order valence-corrected chi connectivity index (χ4v) is 3.81. The minimum atomic E-state index is -0.883. The molecule has 0 atom stereocenters. The first kappa shape index (κ1) is 17.9. The van der Waals surface area contributed by atoms with Crippen molar-refractivity contribution >= 4 is 0 Å². The zero-order valence-electron chi connectivity index (χ0n) is 14.8. The maximum absolute atomic E-state index is 13.2. The highest BCUT2D eigenvalue weighted by molar-refractivity contribution is 5.27. The van der Waals surface area contributed by atoms with Crippen molar-refractivity contribution in [1.29, 1.82) is 0 Å². The highest BCUT2D eigenvalue weighted by Crippen LogP contribution is 2.37. The molecule has 0 aliphatic heterocycles. The first-order valence-electron chi connectivity index (χ1n) is 9.32. The summed E-state index contributed by atoms with van der Waals surface area (Å²) in [5, 5.41) is 0. The van der Waals surface area contributed by atoms with Crippen LogP contribution in [0.15, 0.2) is 42.5 Å². The average Bonchev–Trinajstić information content (AvgIpc) is 2.64. The minimum absolute atomic E-state index is 0.345. The van der Waals surface area contributed by atoms with Crippen LogP contribution in [-0.2, 0) is 6.61 Å². The van der Waals surface area contributed by atoms with E-state index in [2.05, 4.69) is 31.2 Å². The summed E-state index contributed by atoms with van der Waals surface area (Å²) >= 11 is 0. The molecule has 134 valence electrons. The van der Waals surface area contributed by atoms with Gasteiger partial charge in [-0.2, -0.15) is 0 Å². The first-order valence-corrected chi connectivity index (χ1v) is 9.32. The molecule has 0 N–H and O–H groups in total. The fraction of sp³-hybridized carbons (Fsp3) is 0.455. The van der Waals surface area contributed by atoms with E-state index in [1.807, 2.05) is 0 Å². The van der Waals surface area contributed by atoms with Gasteiger partial charge in [0.05, 0.1) is 0 Å². The van der Waals surface area contributed by atoms with Crippen LogP contribution in [0.5, 0.6) is 5.75 Å². The quantitative estimate of drug-likeness (QED) is 0.572. The van der Waals surface area contributed by atoms with E-state index in [0.29, 0.717) is 18.3 Å². The summed E-state index contributed by atoms with van der Waals surface area (Å²) in [6.45, 7) is 2.63. The van der Waals surface area contributed by atoms with Gasteiger partial charge in [0, 0.05) is 6.07 Å². The molecule has 0 bridgehead atoms. The van der Waals surface area contributed by atoms with Crippen LogP contribution >= 0.6 is 0 Å². The molecule has 0 spiro atoms. The molecule has 1 aliphatic rings. The van der Waals surface area contributed by atoms with Crippen molar-refractivity contribution in [2.75, 3.05) is 0 Å². The second-order valence-electron chi connectivity index (χ2n) is 7.11. The molecule has 2 aromatic rings. The van der Waals surface area contributed by atoms with E-state index < -0.39 is 11.6 Å². The van der Waals surface area contributed by atoms with Crippen molar-refractivity contribution in [2.45, 2.75) is 58.0 Å². The van der Waals surface area contributed by atoms with Gasteiger partial charge in [-0.05, 0) is 60.8 Å². The maximum atomic E-state index is 13.2. The third kappa shape index (κ3) is 4.81. The number of ether oxygens (including phenoxy) is 1. The predicted molar refractivity (Wildman–Crippen MR) is 96.7 cm³/mol. The molecule has 0 unspecified atom stereocenters. The largest absolute Gasteiger partial charge is 0.489 e. The predicted octanol–water partition coefficient (Wildman–Crippen LogP) is 6.62. The Kier molecular flexibility index (Phi) is 6.06. The van der Waals surface area contributed by atoms with E-state index in [4.69, 9.17) is 4.74 Å². The van der Waals surface area contributed by atoms with Gasteiger partial charge in [0.1, 0.15) is 12.4 Å². The maximum Gasteiger partial charge on any atom is 0.162 e. The Morgan fingerprint density at radius 2 is 1.64 bits per heavy atom. The molecule has 1 nitrogen and oxygen atoms in total. The Hall–Kier alpha value is -1.90. The Balaban J connectivity index is 1.53. The van der Waals surface area contributed by atoms with Crippen molar-refractivity contribution < 1.29 is 13.5 Å². The van der Waals surface area contributed by atoms with Crippen LogP contribution in [0.1, 0.15) is 62.5 Å². The SMILES string of the molecule is CCC[C@H]1CC[C@H](c2ccc(COc3ccc(F)c(F)c3)cc2)CC1. The van der Waals surface area contributed by atoms with Gasteiger partial charge in [-0.3, -0.25) is 0 Å². The van der Waals surface area contributed by atoms with Gasteiger partial charge in [0.25, 0.3) is 0 Å². The van der Waals surface area contributed by atoms with Gasteiger partial charge in [0.15, 0.2) is 11.6 Å². The molecule has 1 fully saturated rings. The number of halogens is 2. The fourth-order valence-electron chi connectivity index (χ4n) is 3.81. The van der Waals surface area contributed by atoms with Crippen LogP contribution in [0.2, 0.25) is 0 Å². The van der Waals surface area contributed by atoms with Gasteiger partial charge in [-0.15, -0.1) is 0 Å². The molecule has 1 saturated carbocycles. The lowest BCUT2D eigenvalue weighted by Gasteiger charge is -2.28. The van der Waals surface area contributed by atoms with Gasteiger partial charge >= 0.3 is 0 Å². The van der Waals surface area contributed by atoms with Crippen molar-refractivity contribution in [2.24, 2.45) is 5.92 Å². The Labute approximate surface area is 149 Å². The second kappa shape index (κ2) is 8.46. The molecule has 0 radical (unpaired) electrons. The van der Waals surface area contributed by atoms with E-state index in [9.17, 15) is 8.78 Å². The van der Waals surface area contributed by atoms with E-state index in [-0.39, 0.29) is 0 Å². The first-order chi connectivity index (χ1) is 12.2. The molecule has 1 aliphatic carbocycles. The van der Waals surface area contributed by atoms with Gasteiger partial charge < -0.3 is 4.74 Å². The number of rotatable bonds is 6. The van der Waals surface area contributed by atoms with Crippen molar-refractivity contribution in [3.05, 3.63) is 65.2 Å². The van der Waals surface area contributed by atoms with Gasteiger partial charge in [0.2, 0.25) is 0 Å². The summed E-state index contributed by atoms with van der Waals surface area (Å²) in [7, 11) is 0. The molecule has 0 saturated heterocycles. The Bertz CT molecular complexity index is 673. The summed E-state index contributed by atoms with van der Waals surface area (Å²) in [5.74, 6) is 0.202. The second-order valence-corrected chi connectivity index (χ2v) is 7.11. The molecule has 3 rings (SSSR count). The lowest BCUT2D eigenvalue weighted by Crippen LogP contribution is -2.13. The lowest BCUT2D eigenvalue weighted by atomic mass is 9.77. The highest BCUT2D eigenvalue weighted by Gasteiger charge is 2.21. The van der Waals surface area contributed by atoms with E-state index in [0.717, 1.165) is 23.6 Å². The van der Waals surface area contributed by atoms with Crippen LogP contribution in [0.3, 0.4) is 0 Å². The smallest absolute Gasteiger partial charge is 0.162 e. The zero-order valence-corrected chi connectivity index (χ0v) is 14.8. The standard InChI is InChI=1S/C22H26F2O/c1-2-3-16-4-8-18(9-5-16)19-10-6-17(7-11-19)15-25-20-12-13-21(23)22(24)14-20/h6-7,10-14,16,18H,2-5,8-9,15H2,1H3/t16-,18-. The topological polar surface area (TPSA) is 9.23 Å². The zero-order chi connectivity index (χ0) is 17.6. The monoisotopic (exact) mass is 344 g/mol. The van der Waals surface area contributed by atoms with Crippen LogP contribution in [0, 0.1) is 17.6 Å². The van der Waals surface area contributed by atoms with E-state index >= 15 is 0 Å². The summed E-state index contributed by atoms with van der Waals surface area (Å²) in [6, 6.07) is 12.1. The summed E-state index contributed by atoms with van der Waals surface area (Å²) in [6.07, 6.45) is 7.93. The third-order valence-electron chi connectivity index (χ3n) is 5.29. The average molecular weight is 344 g/mol. The van der Waals surface area contributed by atoms with E-state index in [1.165, 1.54) is 50.2 Å². The summed E-state index contributed by atoms with van der Waals surface area (Å²) in [4.78, 5) is 0. The van der Waals surface area contributed by atoms with Crippen LogP contribution in [-0.4, -0.2) is 0 Å². The summed E-state index contributed by atoms with van der Waals surface area (Å²) < 4.78 is 31.7. The lowest BCUT2D eigenvalue weighted by molar-refractivity contribution is 0.302. The molecule has 0 amide bonds. The number of hydrogen-bond acceptors (Lipinski definition) is 1. The molecule has 3 heteroatoms. The van der Waals surface area contributed by atoms with Gasteiger partial charge in [-0.1, -0.05) is 44.0 Å². The number of hydrogen-bond donors (Lipinski definition) is 0.